The summed E-state index contributed by atoms with van der Waals surface area (Å²) in [7, 11) is 0. The van der Waals surface area contributed by atoms with Crippen molar-refractivity contribution >= 4 is 49.6 Å². The van der Waals surface area contributed by atoms with E-state index in [1.165, 1.54) is 5.56 Å². The highest BCUT2D eigenvalue weighted by Crippen LogP contribution is 2.28. The van der Waals surface area contributed by atoms with E-state index in [1.54, 1.807) is 22.7 Å². The molecule has 17 heavy (non-hydrogen) atoms. The number of halogens is 1. The molecule has 0 spiro atoms. The molecule has 3 rings (SSSR count). The Bertz CT molecular complexity index is 631. The van der Waals surface area contributed by atoms with E-state index >= 15 is 0 Å². The Kier molecular flexibility index (Phi) is 3.01. The highest BCUT2D eigenvalue weighted by atomic mass is 35.5. The molecule has 0 radical (unpaired) electrons. The van der Waals surface area contributed by atoms with Gasteiger partial charge >= 0.3 is 0 Å². The molecule has 0 aliphatic rings. The quantitative estimate of drug-likeness (QED) is 0.757. The summed E-state index contributed by atoms with van der Waals surface area (Å²) in [5.41, 5.74) is 2.28. The first-order chi connectivity index (χ1) is 8.31. The molecule has 1 aromatic carbocycles. The molecule has 0 unspecified atom stereocenters. The molecular formula is C12H9ClN2S2. The number of rotatable bonds is 3. The third kappa shape index (κ3) is 2.44. The Morgan fingerprint density at radius 3 is 3.06 bits per heavy atom. The maximum absolute atomic E-state index is 5.95. The first-order valence-electron chi connectivity index (χ1n) is 5.12. The molecule has 0 fully saturated rings. The van der Waals surface area contributed by atoms with E-state index in [0.717, 1.165) is 26.9 Å². The summed E-state index contributed by atoms with van der Waals surface area (Å²) in [6, 6.07) is 7.88. The van der Waals surface area contributed by atoms with Gasteiger partial charge in [-0.05, 0) is 40.6 Å². The highest BCUT2D eigenvalue weighted by Gasteiger charge is 2.03. The van der Waals surface area contributed by atoms with Gasteiger partial charge in [-0.1, -0.05) is 22.9 Å². The fraction of sp³-hybridized carbons (Fsp3) is 0.0833. The molecule has 0 atom stereocenters. The second-order valence-corrected chi connectivity index (χ2v) is 5.86. The molecule has 86 valence electrons. The Balaban J connectivity index is 1.81. The summed E-state index contributed by atoms with van der Waals surface area (Å²) in [5.74, 6) is 0. The van der Waals surface area contributed by atoms with Crippen molar-refractivity contribution in [3.8, 4) is 0 Å². The van der Waals surface area contributed by atoms with Gasteiger partial charge in [0.15, 0.2) is 5.13 Å². The Morgan fingerprint density at radius 2 is 2.24 bits per heavy atom. The Morgan fingerprint density at radius 1 is 1.29 bits per heavy atom. The van der Waals surface area contributed by atoms with Gasteiger partial charge in [0.1, 0.15) is 0 Å². The molecule has 3 aromatic rings. The molecule has 5 heteroatoms. The molecule has 2 aromatic heterocycles. The van der Waals surface area contributed by atoms with Crippen LogP contribution >= 0.6 is 34.3 Å². The fourth-order valence-corrected chi connectivity index (χ4v) is 3.35. The van der Waals surface area contributed by atoms with E-state index in [0.29, 0.717) is 0 Å². The van der Waals surface area contributed by atoms with Crippen molar-refractivity contribution < 1.29 is 0 Å². The zero-order valence-electron chi connectivity index (χ0n) is 8.81. The first kappa shape index (κ1) is 11.0. The van der Waals surface area contributed by atoms with Crippen LogP contribution in [-0.4, -0.2) is 4.98 Å². The van der Waals surface area contributed by atoms with E-state index < -0.39 is 0 Å². The van der Waals surface area contributed by atoms with Crippen LogP contribution in [0.15, 0.2) is 35.0 Å². The fourth-order valence-electron chi connectivity index (χ4n) is 1.54. The van der Waals surface area contributed by atoms with Crippen LogP contribution in [0.25, 0.3) is 10.2 Å². The van der Waals surface area contributed by atoms with Crippen molar-refractivity contribution in [2.45, 2.75) is 6.54 Å². The van der Waals surface area contributed by atoms with E-state index in [-0.39, 0.29) is 0 Å². The first-order valence-corrected chi connectivity index (χ1v) is 7.26. The SMILES string of the molecule is Clc1ccc2nc(NCc3ccsc3)sc2c1. The molecule has 0 saturated carbocycles. The molecule has 1 N–H and O–H groups in total. The standard InChI is InChI=1S/C12H9ClN2S2/c13-9-1-2-10-11(5-9)17-12(15-10)14-6-8-3-4-16-7-8/h1-5,7H,6H2,(H,14,15). The number of fused-ring (bicyclic) bond motifs is 1. The maximum Gasteiger partial charge on any atom is 0.184 e. The van der Waals surface area contributed by atoms with E-state index in [4.69, 9.17) is 11.6 Å². The molecule has 0 aliphatic heterocycles. The number of hydrogen-bond donors (Lipinski definition) is 1. The smallest absolute Gasteiger partial charge is 0.184 e. The molecule has 0 saturated heterocycles. The van der Waals surface area contributed by atoms with Crippen LogP contribution in [-0.2, 0) is 6.54 Å². The lowest BCUT2D eigenvalue weighted by atomic mass is 10.3. The van der Waals surface area contributed by atoms with E-state index in [1.807, 2.05) is 18.2 Å². The van der Waals surface area contributed by atoms with Crippen molar-refractivity contribution in [2.75, 3.05) is 5.32 Å². The van der Waals surface area contributed by atoms with Crippen LogP contribution in [0.4, 0.5) is 5.13 Å². The molecule has 0 amide bonds. The van der Waals surface area contributed by atoms with Crippen LogP contribution in [0, 0.1) is 0 Å². The normalized spacial score (nSPS) is 10.9. The van der Waals surface area contributed by atoms with Crippen molar-refractivity contribution in [1.29, 1.82) is 0 Å². The number of thiophene rings is 1. The predicted molar refractivity (Wildman–Crippen MR) is 76.3 cm³/mol. The minimum absolute atomic E-state index is 0.755. The van der Waals surface area contributed by atoms with Gasteiger partial charge in [0, 0.05) is 11.6 Å². The van der Waals surface area contributed by atoms with Crippen LogP contribution in [0.2, 0.25) is 5.02 Å². The van der Waals surface area contributed by atoms with Crippen LogP contribution in [0.3, 0.4) is 0 Å². The largest absolute Gasteiger partial charge is 0.357 e. The summed E-state index contributed by atoms with van der Waals surface area (Å²) >= 11 is 9.28. The van der Waals surface area contributed by atoms with Gasteiger partial charge in [0.05, 0.1) is 10.2 Å². The van der Waals surface area contributed by atoms with Gasteiger partial charge < -0.3 is 5.32 Å². The van der Waals surface area contributed by atoms with Gasteiger partial charge in [-0.15, -0.1) is 0 Å². The van der Waals surface area contributed by atoms with E-state index in [9.17, 15) is 0 Å². The predicted octanol–water partition coefficient (Wildman–Crippen LogP) is 4.62. The van der Waals surface area contributed by atoms with Crippen molar-refractivity contribution in [1.82, 2.24) is 4.98 Å². The number of anilines is 1. The molecule has 2 heterocycles. The highest BCUT2D eigenvalue weighted by molar-refractivity contribution is 7.22. The number of nitrogens with zero attached hydrogens (tertiary/aromatic N) is 1. The van der Waals surface area contributed by atoms with Crippen molar-refractivity contribution in [3.05, 3.63) is 45.6 Å². The Labute approximate surface area is 112 Å². The van der Waals surface area contributed by atoms with Crippen LogP contribution in [0.5, 0.6) is 0 Å². The second kappa shape index (κ2) is 4.64. The molecule has 0 bridgehead atoms. The average Bonchev–Trinajstić information content (AvgIpc) is 2.94. The van der Waals surface area contributed by atoms with Gasteiger partial charge in [-0.3, -0.25) is 0 Å². The second-order valence-electron chi connectivity index (χ2n) is 3.62. The number of benzene rings is 1. The number of nitrogens with one attached hydrogen (secondary N) is 1. The zero-order chi connectivity index (χ0) is 11.7. The Hall–Kier alpha value is -1.10. The van der Waals surface area contributed by atoms with Gasteiger partial charge in [-0.25, -0.2) is 4.98 Å². The van der Waals surface area contributed by atoms with Crippen LogP contribution < -0.4 is 5.32 Å². The third-order valence-electron chi connectivity index (χ3n) is 2.37. The number of hydrogen-bond acceptors (Lipinski definition) is 4. The minimum Gasteiger partial charge on any atom is -0.357 e. The van der Waals surface area contributed by atoms with Gasteiger partial charge in [0.25, 0.3) is 0 Å². The lowest BCUT2D eigenvalue weighted by molar-refractivity contribution is 1.15. The summed E-state index contributed by atoms with van der Waals surface area (Å²) < 4.78 is 1.12. The third-order valence-corrected chi connectivity index (χ3v) is 4.32. The van der Waals surface area contributed by atoms with Crippen LogP contribution in [0.1, 0.15) is 5.56 Å². The monoisotopic (exact) mass is 280 g/mol. The average molecular weight is 281 g/mol. The molecule has 0 aliphatic carbocycles. The molecular weight excluding hydrogens is 272 g/mol. The lowest BCUT2D eigenvalue weighted by Crippen LogP contribution is -1.96. The minimum atomic E-state index is 0.755. The van der Waals surface area contributed by atoms with Crippen molar-refractivity contribution in [3.63, 3.8) is 0 Å². The summed E-state index contributed by atoms with van der Waals surface area (Å²) in [5, 5.41) is 9.24. The number of aromatic nitrogens is 1. The van der Waals surface area contributed by atoms with E-state index in [2.05, 4.69) is 27.1 Å². The summed E-state index contributed by atoms with van der Waals surface area (Å²) in [6.45, 7) is 0.817. The lowest BCUT2D eigenvalue weighted by Gasteiger charge is -1.98. The molecule has 2 nitrogen and oxygen atoms in total. The summed E-state index contributed by atoms with van der Waals surface area (Å²) in [4.78, 5) is 4.51. The van der Waals surface area contributed by atoms with Crippen molar-refractivity contribution in [2.24, 2.45) is 0 Å². The number of thiazole rings is 1. The van der Waals surface area contributed by atoms with Gasteiger partial charge in [-0.2, -0.15) is 11.3 Å². The zero-order valence-corrected chi connectivity index (χ0v) is 11.2. The summed E-state index contributed by atoms with van der Waals surface area (Å²) in [6.07, 6.45) is 0. The maximum atomic E-state index is 5.95. The topological polar surface area (TPSA) is 24.9 Å². The van der Waals surface area contributed by atoms with Gasteiger partial charge in [0.2, 0.25) is 0 Å².